The molecule has 0 aromatic heterocycles. The largest absolute Gasteiger partial charge is 0.397 e. The van der Waals surface area contributed by atoms with Crippen LogP contribution in [0.2, 0.25) is 0 Å². The van der Waals surface area contributed by atoms with E-state index in [4.69, 9.17) is 4.55 Å². The van der Waals surface area contributed by atoms with Gasteiger partial charge >= 0.3 is 10.4 Å². The van der Waals surface area contributed by atoms with Crippen molar-refractivity contribution < 1.29 is 31.8 Å². The van der Waals surface area contributed by atoms with Crippen LogP contribution in [-0.2, 0) is 24.2 Å². The molecule has 11 heteroatoms. The fourth-order valence-electron chi connectivity index (χ4n) is 6.76. The molecule has 0 saturated carbocycles. The van der Waals surface area contributed by atoms with Crippen molar-refractivity contribution in [3.05, 3.63) is 24.3 Å². The maximum absolute atomic E-state index is 12.8. The van der Waals surface area contributed by atoms with E-state index in [-0.39, 0.29) is 30.5 Å². The molecule has 0 fully saturated rings. The van der Waals surface area contributed by atoms with E-state index in [0.29, 0.717) is 12.8 Å². The summed E-state index contributed by atoms with van der Waals surface area (Å²) in [6, 6.07) is -0.679. The Morgan fingerprint density at radius 1 is 0.582 bits per heavy atom. The van der Waals surface area contributed by atoms with Crippen molar-refractivity contribution in [2.75, 3.05) is 20.8 Å². The molecule has 0 rings (SSSR count). The van der Waals surface area contributed by atoms with Crippen LogP contribution in [0.5, 0.6) is 0 Å². The number of unbranched alkanes of at least 4 members (excludes halogenated alkanes) is 22. The number of aliphatic hydroxyl groups excluding tert-OH is 1. The van der Waals surface area contributed by atoms with Gasteiger partial charge in [0, 0.05) is 24.9 Å². The Balaban J connectivity index is 0. The van der Waals surface area contributed by atoms with Gasteiger partial charge in [-0.15, -0.1) is 0 Å². The molecule has 0 aliphatic heterocycles. The molecule has 0 spiro atoms. The molecule has 0 aliphatic carbocycles. The van der Waals surface area contributed by atoms with Crippen LogP contribution in [0.15, 0.2) is 24.3 Å². The smallest absolute Gasteiger partial charge is 0.394 e. The number of rotatable bonds is 37. The monoisotopic (exact) mass is 802 g/mol. The Morgan fingerprint density at radius 3 is 1.11 bits per heavy atom. The molecule has 0 aliphatic rings. The SMILES string of the molecule is CCCCCCCCC=CCCCCCCCC(=O)NC(C)C(CO)(NC)C(C)NC(=O)CCCCCCC/C=C\CCCCCCCC.COS(=O)(=O)O. The molecule has 0 aromatic rings. The zero-order valence-corrected chi connectivity index (χ0v) is 37.1. The summed E-state index contributed by atoms with van der Waals surface area (Å²) in [5.74, 6) is 0.00930. The number of nitrogens with one attached hydrogen (secondary N) is 3. The summed E-state index contributed by atoms with van der Waals surface area (Å²) in [6.07, 6.45) is 42.5. The van der Waals surface area contributed by atoms with E-state index in [1.807, 2.05) is 13.8 Å². The van der Waals surface area contributed by atoms with Crippen molar-refractivity contribution in [1.29, 1.82) is 0 Å². The van der Waals surface area contributed by atoms with Crippen molar-refractivity contribution in [3.63, 3.8) is 0 Å². The highest BCUT2D eigenvalue weighted by molar-refractivity contribution is 7.80. The topological polar surface area (TPSA) is 154 Å². The molecule has 0 radical (unpaired) electrons. The van der Waals surface area contributed by atoms with Crippen LogP contribution < -0.4 is 16.0 Å². The number of aliphatic hydroxyl groups is 1. The van der Waals surface area contributed by atoms with Crippen LogP contribution in [0.25, 0.3) is 0 Å². The number of hydrogen-bond donors (Lipinski definition) is 5. The average molecular weight is 802 g/mol. The van der Waals surface area contributed by atoms with Gasteiger partial charge in [0.2, 0.25) is 11.8 Å². The Hall–Kier alpha value is -1.79. The second kappa shape index (κ2) is 39.1. The summed E-state index contributed by atoms with van der Waals surface area (Å²) < 4.78 is 29.7. The van der Waals surface area contributed by atoms with E-state index < -0.39 is 15.9 Å². The fourth-order valence-corrected chi connectivity index (χ4v) is 6.76. The van der Waals surface area contributed by atoms with E-state index in [2.05, 4.69) is 58.3 Å². The highest BCUT2D eigenvalue weighted by atomic mass is 32.3. The van der Waals surface area contributed by atoms with Crippen LogP contribution in [-0.4, -0.2) is 68.3 Å². The van der Waals surface area contributed by atoms with Gasteiger partial charge in [0.25, 0.3) is 0 Å². The molecule has 0 heterocycles. The van der Waals surface area contributed by atoms with Crippen LogP contribution in [0.3, 0.4) is 0 Å². The van der Waals surface area contributed by atoms with E-state index in [0.717, 1.165) is 58.5 Å². The molecule has 0 aromatic carbocycles. The number of carbonyl (C=O) groups is 2. The van der Waals surface area contributed by atoms with Crippen LogP contribution >= 0.6 is 0 Å². The molecule has 3 atom stereocenters. The van der Waals surface area contributed by atoms with Gasteiger partial charge in [-0.3, -0.25) is 18.3 Å². The van der Waals surface area contributed by atoms with Crippen molar-refractivity contribution in [2.45, 2.75) is 225 Å². The summed E-state index contributed by atoms with van der Waals surface area (Å²) in [4.78, 5) is 25.5. The van der Waals surface area contributed by atoms with Crippen molar-refractivity contribution in [2.24, 2.45) is 0 Å². The minimum Gasteiger partial charge on any atom is -0.394 e. The third-order valence-electron chi connectivity index (χ3n) is 10.6. The normalized spacial score (nSPS) is 14.0. The summed E-state index contributed by atoms with van der Waals surface area (Å²) in [6.45, 7) is 8.17. The Morgan fingerprint density at radius 2 is 0.855 bits per heavy atom. The first-order valence-corrected chi connectivity index (χ1v) is 23.5. The predicted molar refractivity (Wildman–Crippen MR) is 232 cm³/mol. The zero-order valence-electron chi connectivity index (χ0n) is 36.3. The second-order valence-corrected chi connectivity index (χ2v) is 16.5. The average Bonchev–Trinajstić information content (AvgIpc) is 3.15. The summed E-state index contributed by atoms with van der Waals surface area (Å²) in [7, 11) is -1.50. The number of likely N-dealkylation sites (N-methyl/N-ethyl adjacent to an activating group) is 1. The molecular weight excluding hydrogens is 715 g/mol. The lowest BCUT2D eigenvalue weighted by molar-refractivity contribution is -0.123. The lowest BCUT2D eigenvalue weighted by Crippen LogP contribution is -2.70. The molecule has 5 N–H and O–H groups in total. The first kappa shape index (κ1) is 55.3. The van der Waals surface area contributed by atoms with Crippen molar-refractivity contribution in [3.8, 4) is 0 Å². The van der Waals surface area contributed by atoms with Gasteiger partial charge < -0.3 is 21.1 Å². The van der Waals surface area contributed by atoms with Gasteiger partial charge in [0.05, 0.1) is 19.3 Å². The molecule has 0 bridgehead atoms. The molecule has 0 saturated heterocycles. The Bertz CT molecular complexity index is 986. The number of allylic oxidation sites excluding steroid dienone is 4. The number of hydrogen-bond acceptors (Lipinski definition) is 7. The highest BCUT2D eigenvalue weighted by Gasteiger charge is 2.41. The van der Waals surface area contributed by atoms with Crippen LogP contribution in [0.4, 0.5) is 0 Å². The summed E-state index contributed by atoms with van der Waals surface area (Å²) in [5.41, 5.74) is -0.837. The van der Waals surface area contributed by atoms with Crippen molar-refractivity contribution in [1.82, 2.24) is 16.0 Å². The maximum Gasteiger partial charge on any atom is 0.397 e. The lowest BCUT2D eigenvalue weighted by Gasteiger charge is -2.42. The van der Waals surface area contributed by atoms with Gasteiger partial charge in [0.15, 0.2) is 0 Å². The second-order valence-electron chi connectivity index (χ2n) is 15.3. The molecule has 3 unspecified atom stereocenters. The molecule has 326 valence electrons. The van der Waals surface area contributed by atoms with Gasteiger partial charge in [0.1, 0.15) is 0 Å². The Kier molecular flexibility index (Phi) is 39.3. The van der Waals surface area contributed by atoms with E-state index in [9.17, 15) is 23.1 Å². The van der Waals surface area contributed by atoms with Crippen molar-refractivity contribution >= 4 is 22.2 Å². The highest BCUT2D eigenvalue weighted by Crippen LogP contribution is 2.18. The molecule has 2 amide bonds. The predicted octanol–water partition coefficient (Wildman–Crippen LogP) is 10.5. The fraction of sp³-hybridized carbons (Fsp3) is 0.864. The van der Waals surface area contributed by atoms with E-state index in [1.165, 1.54) is 116 Å². The van der Waals surface area contributed by atoms with E-state index >= 15 is 0 Å². The minimum atomic E-state index is -4.16. The van der Waals surface area contributed by atoms with Crippen LogP contribution in [0, 0.1) is 0 Å². The molecule has 55 heavy (non-hydrogen) atoms. The third kappa shape index (κ3) is 35.1. The molecular formula is C44H87N3O7S. The zero-order chi connectivity index (χ0) is 41.5. The van der Waals surface area contributed by atoms with Gasteiger partial charge in [-0.1, -0.05) is 141 Å². The number of carbonyl (C=O) groups excluding carboxylic acids is 2. The van der Waals surface area contributed by atoms with Crippen LogP contribution in [0.1, 0.15) is 207 Å². The first-order chi connectivity index (χ1) is 26.4. The standard InChI is InChI=1S/C43H83N3O3.CH4O4S/c1-6-8-10-12-14-16-18-20-22-24-26-28-30-32-34-36-41(48)45-39(3)43(38-47,44-5)40(4)46-42(49)37-35-33-31-29-27-25-23-21-19-17-15-13-11-9-7-2;1-5-6(2,3)4/h20-23,39-40,44,47H,6-19,24-38H2,1-5H3,(H,45,48)(H,46,49);1H3,(H,2,3,4)/b22-20-,23-21?;. The summed E-state index contributed by atoms with van der Waals surface area (Å²) >= 11 is 0. The first-order valence-electron chi connectivity index (χ1n) is 22.1. The Labute approximate surface area is 339 Å². The van der Waals surface area contributed by atoms with Gasteiger partial charge in [-0.2, -0.15) is 8.42 Å². The third-order valence-corrected chi connectivity index (χ3v) is 11.0. The summed E-state index contributed by atoms with van der Waals surface area (Å²) in [5, 5.41) is 19.8. The van der Waals surface area contributed by atoms with Gasteiger partial charge in [-0.05, 0) is 85.1 Å². The number of amides is 2. The van der Waals surface area contributed by atoms with E-state index in [1.54, 1.807) is 7.05 Å². The lowest BCUT2D eigenvalue weighted by atomic mass is 9.84. The maximum atomic E-state index is 12.8. The quantitative estimate of drug-likeness (QED) is 0.0236. The molecule has 10 nitrogen and oxygen atoms in total. The van der Waals surface area contributed by atoms with Gasteiger partial charge in [-0.25, -0.2) is 0 Å². The minimum absolute atomic E-state index is 0.00465.